The first-order valence-corrected chi connectivity index (χ1v) is 9.77. The van der Waals surface area contributed by atoms with Crippen LogP contribution in [0.25, 0.3) is 10.9 Å². The zero-order valence-electron chi connectivity index (χ0n) is 15.6. The van der Waals surface area contributed by atoms with Crippen LogP contribution in [0.5, 0.6) is 0 Å². The van der Waals surface area contributed by atoms with Crippen LogP contribution < -0.4 is 5.32 Å². The van der Waals surface area contributed by atoms with Crippen molar-refractivity contribution in [2.75, 3.05) is 6.61 Å². The van der Waals surface area contributed by atoms with Crippen LogP contribution in [0.4, 0.5) is 0 Å². The fourth-order valence-corrected chi connectivity index (χ4v) is 3.54. The summed E-state index contributed by atoms with van der Waals surface area (Å²) in [5.41, 5.74) is 3.61. The van der Waals surface area contributed by atoms with E-state index in [4.69, 9.17) is 4.74 Å². The molecule has 1 aliphatic heterocycles. The number of rotatable bonds is 5. The zero-order chi connectivity index (χ0) is 20.5. The Balaban J connectivity index is 1.68. The minimum absolute atomic E-state index is 0.0393. The predicted octanol–water partition coefficient (Wildman–Crippen LogP) is 3.50. The van der Waals surface area contributed by atoms with Gasteiger partial charge in [-0.3, -0.25) is 9.59 Å². The predicted molar refractivity (Wildman–Crippen MR) is 111 cm³/mol. The molecule has 1 amide bonds. The van der Waals surface area contributed by atoms with Gasteiger partial charge in [-0.2, -0.15) is 0 Å². The van der Waals surface area contributed by atoms with Crippen molar-refractivity contribution in [1.82, 2.24) is 9.88 Å². The number of halogens is 1. The molecule has 1 N–H and O–H groups in total. The largest absolute Gasteiger partial charge is 0.456 e. The average molecular weight is 453 g/mol. The van der Waals surface area contributed by atoms with Crippen LogP contribution in [-0.4, -0.2) is 28.8 Å². The number of aromatic nitrogens is 1. The lowest BCUT2D eigenvalue weighted by Crippen LogP contribution is -2.31. The number of carbonyl (C=O) groups excluding carboxylic acids is 3. The van der Waals surface area contributed by atoms with E-state index in [1.165, 1.54) is 6.08 Å². The van der Waals surface area contributed by atoms with Crippen molar-refractivity contribution >= 4 is 44.5 Å². The molecule has 29 heavy (non-hydrogen) atoms. The molecule has 0 atom stereocenters. The molecular formula is C22H17BrN2O4. The van der Waals surface area contributed by atoms with Crippen LogP contribution in [0, 0.1) is 6.92 Å². The highest BCUT2D eigenvalue weighted by molar-refractivity contribution is 9.10. The smallest absolute Gasteiger partial charge is 0.333 e. The fraction of sp³-hybridized carbons (Fsp3) is 0.136. The van der Waals surface area contributed by atoms with Crippen LogP contribution in [0.2, 0.25) is 0 Å². The van der Waals surface area contributed by atoms with Crippen molar-refractivity contribution in [3.05, 3.63) is 81.6 Å². The molecule has 6 nitrogen and oxygen atoms in total. The number of aryl methyl sites for hydroxylation is 1. The number of nitrogens with zero attached hydrogens (tertiary/aromatic N) is 1. The van der Waals surface area contributed by atoms with Gasteiger partial charge in [-0.15, -0.1) is 0 Å². The Bertz CT molecular complexity index is 1180. The summed E-state index contributed by atoms with van der Waals surface area (Å²) in [6, 6.07) is 13.7. The van der Waals surface area contributed by atoms with Gasteiger partial charge in [0.25, 0.3) is 11.7 Å². The van der Waals surface area contributed by atoms with Gasteiger partial charge in [0.1, 0.15) is 6.61 Å². The van der Waals surface area contributed by atoms with Crippen molar-refractivity contribution in [3.63, 3.8) is 0 Å². The van der Waals surface area contributed by atoms with E-state index in [1.54, 1.807) is 6.20 Å². The van der Waals surface area contributed by atoms with E-state index < -0.39 is 17.7 Å². The second kappa shape index (κ2) is 7.67. The molecule has 0 unspecified atom stereocenters. The van der Waals surface area contributed by atoms with E-state index >= 15 is 0 Å². The average Bonchev–Trinajstić information content (AvgIpc) is 3.26. The topological polar surface area (TPSA) is 77.4 Å². The first kappa shape index (κ1) is 19.1. The molecule has 0 spiro atoms. The number of ether oxygens (including phenoxy) is 1. The molecule has 0 fully saturated rings. The highest BCUT2D eigenvalue weighted by atomic mass is 79.9. The highest BCUT2D eigenvalue weighted by Crippen LogP contribution is 2.25. The monoisotopic (exact) mass is 452 g/mol. The number of ketones is 1. The van der Waals surface area contributed by atoms with Crippen LogP contribution >= 0.6 is 15.9 Å². The second-order valence-electron chi connectivity index (χ2n) is 6.88. The van der Waals surface area contributed by atoms with Crippen molar-refractivity contribution in [3.8, 4) is 0 Å². The Morgan fingerprint density at radius 2 is 1.93 bits per heavy atom. The van der Waals surface area contributed by atoms with Gasteiger partial charge in [0.05, 0.1) is 11.3 Å². The Hall–Kier alpha value is -3.19. The Labute approximate surface area is 175 Å². The quantitative estimate of drug-likeness (QED) is 0.365. The molecular weight excluding hydrogens is 436 g/mol. The van der Waals surface area contributed by atoms with Crippen LogP contribution in [0.3, 0.4) is 0 Å². The van der Waals surface area contributed by atoms with Crippen LogP contribution in [-0.2, 0) is 20.9 Å². The molecule has 146 valence electrons. The third-order valence-electron chi connectivity index (χ3n) is 4.69. The Kier molecular flexibility index (Phi) is 5.07. The number of hydrogen-bond acceptors (Lipinski definition) is 4. The Morgan fingerprint density at radius 3 is 2.62 bits per heavy atom. The van der Waals surface area contributed by atoms with Crippen LogP contribution in [0.1, 0.15) is 21.5 Å². The lowest BCUT2D eigenvalue weighted by atomic mass is 10.1. The molecule has 2 aromatic carbocycles. The molecule has 0 bridgehead atoms. The first-order valence-electron chi connectivity index (χ1n) is 8.97. The summed E-state index contributed by atoms with van der Waals surface area (Å²) in [5.74, 6) is -1.99. The van der Waals surface area contributed by atoms with Crippen molar-refractivity contribution < 1.29 is 19.1 Å². The molecule has 2 heterocycles. The van der Waals surface area contributed by atoms with Gasteiger partial charge in [0.2, 0.25) is 0 Å². The van der Waals surface area contributed by atoms with Gasteiger partial charge < -0.3 is 14.6 Å². The third-order valence-corrected chi connectivity index (χ3v) is 5.22. The molecule has 1 aromatic heterocycles. The summed E-state index contributed by atoms with van der Waals surface area (Å²) in [5, 5.41) is 3.17. The number of cyclic esters (lactones) is 1. The number of nitrogens with one attached hydrogen (secondary N) is 1. The molecule has 4 rings (SSSR count). The van der Waals surface area contributed by atoms with Gasteiger partial charge in [0, 0.05) is 34.2 Å². The number of Topliss-reactive ketones (excluding diaryl/α,β-unsaturated/α-hetero) is 1. The van der Waals surface area contributed by atoms with Gasteiger partial charge in [-0.05, 0) is 36.2 Å². The summed E-state index contributed by atoms with van der Waals surface area (Å²) in [6.07, 6.45) is 2.88. The van der Waals surface area contributed by atoms with Crippen molar-refractivity contribution in [1.29, 1.82) is 0 Å². The zero-order valence-corrected chi connectivity index (χ0v) is 17.2. The molecule has 1 aliphatic rings. The molecule has 7 heteroatoms. The number of hydrogen-bond donors (Lipinski definition) is 1. The van der Waals surface area contributed by atoms with Crippen LogP contribution in [0.15, 0.2) is 64.9 Å². The second-order valence-corrected chi connectivity index (χ2v) is 7.79. The number of fused-ring (bicyclic) bond motifs is 1. The molecule has 0 saturated carbocycles. The highest BCUT2D eigenvalue weighted by Gasteiger charge is 2.24. The maximum Gasteiger partial charge on any atom is 0.333 e. The third kappa shape index (κ3) is 4.00. The summed E-state index contributed by atoms with van der Waals surface area (Å²) in [7, 11) is 0. The summed E-state index contributed by atoms with van der Waals surface area (Å²) < 4.78 is 7.71. The minimum Gasteiger partial charge on any atom is -0.456 e. The standard InChI is InChI=1S/C22H17BrN2O4/c1-13-2-7-17-18(21(27)22(28)24-16-9-20(26)29-12-16)11-25(19(17)8-13)10-14-3-5-15(23)6-4-14/h2-9,11H,10,12H2,1H3,(H,24,28). The van der Waals surface area contributed by atoms with E-state index in [0.29, 0.717) is 17.5 Å². The maximum atomic E-state index is 12.8. The van der Waals surface area contributed by atoms with E-state index in [-0.39, 0.29) is 12.3 Å². The number of esters is 1. The number of carbonyl (C=O) groups is 3. The van der Waals surface area contributed by atoms with E-state index in [2.05, 4.69) is 21.2 Å². The lowest BCUT2D eigenvalue weighted by Gasteiger charge is -2.06. The first-order chi connectivity index (χ1) is 13.9. The summed E-state index contributed by atoms with van der Waals surface area (Å²) in [4.78, 5) is 36.4. The van der Waals surface area contributed by atoms with Gasteiger partial charge in [-0.25, -0.2) is 4.79 Å². The van der Waals surface area contributed by atoms with Crippen molar-refractivity contribution in [2.45, 2.75) is 13.5 Å². The maximum absolute atomic E-state index is 12.8. The summed E-state index contributed by atoms with van der Waals surface area (Å²) in [6.45, 7) is 2.51. The molecule has 0 radical (unpaired) electrons. The number of amides is 1. The lowest BCUT2D eigenvalue weighted by molar-refractivity contribution is -0.135. The summed E-state index contributed by atoms with van der Waals surface area (Å²) >= 11 is 3.43. The van der Waals surface area contributed by atoms with Gasteiger partial charge >= 0.3 is 5.97 Å². The van der Waals surface area contributed by atoms with Crippen molar-refractivity contribution in [2.24, 2.45) is 0 Å². The molecule has 0 saturated heterocycles. The minimum atomic E-state index is -0.794. The number of benzene rings is 2. The van der Waals surface area contributed by atoms with E-state index in [9.17, 15) is 14.4 Å². The molecule has 3 aromatic rings. The van der Waals surface area contributed by atoms with E-state index in [0.717, 1.165) is 21.1 Å². The fourth-order valence-electron chi connectivity index (χ4n) is 3.27. The van der Waals surface area contributed by atoms with Gasteiger partial charge in [0.15, 0.2) is 0 Å². The molecule has 0 aliphatic carbocycles. The SMILES string of the molecule is Cc1ccc2c(C(=O)C(=O)NC3=CC(=O)OC3)cn(Cc3ccc(Br)cc3)c2c1. The Morgan fingerprint density at radius 1 is 1.17 bits per heavy atom. The van der Waals surface area contributed by atoms with E-state index in [1.807, 2.05) is 54.0 Å². The normalized spacial score (nSPS) is 13.3. The van der Waals surface area contributed by atoms with Gasteiger partial charge in [-0.1, -0.05) is 40.2 Å².